The van der Waals surface area contributed by atoms with Crippen LogP contribution in [0.1, 0.15) is 45.3 Å². The van der Waals surface area contributed by atoms with E-state index in [1.54, 1.807) is 6.26 Å². The van der Waals surface area contributed by atoms with Crippen molar-refractivity contribution in [3.8, 4) is 11.4 Å². The summed E-state index contributed by atoms with van der Waals surface area (Å²) >= 11 is 1.49. The molecule has 0 aromatic carbocycles. The predicted molar refractivity (Wildman–Crippen MR) is 103 cm³/mol. The van der Waals surface area contributed by atoms with E-state index in [4.69, 9.17) is 4.42 Å². The molecule has 3 rings (SSSR count). The molecule has 1 aliphatic heterocycles. The van der Waals surface area contributed by atoms with E-state index in [0.29, 0.717) is 11.7 Å². The lowest BCUT2D eigenvalue weighted by molar-refractivity contribution is -0.130. The van der Waals surface area contributed by atoms with Gasteiger partial charge in [0.1, 0.15) is 5.76 Å². The van der Waals surface area contributed by atoms with Crippen LogP contribution in [0.4, 0.5) is 0 Å². The average Bonchev–Trinajstić information content (AvgIpc) is 3.23. The Morgan fingerprint density at radius 2 is 2.27 bits per heavy atom. The smallest absolute Gasteiger partial charge is 0.233 e. The number of aromatic nitrogens is 3. The van der Waals surface area contributed by atoms with Crippen LogP contribution in [-0.4, -0.2) is 44.4 Å². The third-order valence-corrected chi connectivity index (χ3v) is 5.84. The normalized spacial score (nSPS) is 17.7. The molecule has 0 spiro atoms. The van der Waals surface area contributed by atoms with Crippen molar-refractivity contribution >= 4 is 17.7 Å². The number of carbonyl (C=O) groups excluding carboxylic acids is 1. The van der Waals surface area contributed by atoms with Gasteiger partial charge in [-0.1, -0.05) is 32.0 Å². The van der Waals surface area contributed by atoms with Crippen LogP contribution in [0.5, 0.6) is 0 Å². The van der Waals surface area contributed by atoms with Gasteiger partial charge in [0.15, 0.2) is 11.0 Å². The second-order valence-corrected chi connectivity index (χ2v) is 8.02. The highest BCUT2D eigenvalue weighted by molar-refractivity contribution is 7.99. The number of nitrogens with zero attached hydrogens (tertiary/aromatic N) is 4. The summed E-state index contributed by atoms with van der Waals surface area (Å²) in [5.74, 6) is 2.88. The Balaban J connectivity index is 1.72. The Bertz CT molecular complexity index is 740. The standard InChI is InChI=1S/C19H28N4O2S/c1-4-5-10-23-18(16-8-11-25-15(16)3)20-21-19(23)26-13-17(24)22-9-6-7-14(2)12-22/h8,11,14H,4-7,9-10,12-13H2,1-3H3/t14-/m0/s1. The average molecular weight is 377 g/mol. The fourth-order valence-electron chi connectivity index (χ4n) is 3.36. The molecule has 1 saturated heterocycles. The maximum absolute atomic E-state index is 12.6. The number of likely N-dealkylation sites (tertiary alicyclic amines) is 1. The van der Waals surface area contributed by atoms with Crippen LogP contribution in [0, 0.1) is 12.8 Å². The van der Waals surface area contributed by atoms with Crippen LogP contribution in [0.2, 0.25) is 0 Å². The largest absolute Gasteiger partial charge is 0.469 e. The minimum atomic E-state index is 0.202. The zero-order valence-corrected chi connectivity index (χ0v) is 16.7. The van der Waals surface area contributed by atoms with Crippen LogP contribution in [-0.2, 0) is 11.3 Å². The summed E-state index contributed by atoms with van der Waals surface area (Å²) in [4.78, 5) is 14.6. The topological polar surface area (TPSA) is 64.2 Å². The first kappa shape index (κ1) is 19.0. The lowest BCUT2D eigenvalue weighted by Gasteiger charge is -2.30. The highest BCUT2D eigenvalue weighted by Crippen LogP contribution is 2.28. The van der Waals surface area contributed by atoms with Crippen molar-refractivity contribution in [1.29, 1.82) is 0 Å². The number of carbonyl (C=O) groups is 1. The molecule has 142 valence electrons. The molecule has 2 aromatic rings. The molecular formula is C19H28N4O2S. The third-order valence-electron chi connectivity index (χ3n) is 4.89. The number of hydrogen-bond donors (Lipinski definition) is 0. The minimum absolute atomic E-state index is 0.202. The van der Waals surface area contributed by atoms with Crippen molar-refractivity contribution in [2.45, 2.75) is 58.2 Å². The Kier molecular flexibility index (Phi) is 6.40. The van der Waals surface area contributed by atoms with E-state index in [1.165, 1.54) is 18.2 Å². The van der Waals surface area contributed by atoms with E-state index in [2.05, 4.69) is 28.6 Å². The second kappa shape index (κ2) is 8.75. The molecule has 1 atom stereocenters. The zero-order chi connectivity index (χ0) is 18.5. The van der Waals surface area contributed by atoms with Gasteiger partial charge in [-0.2, -0.15) is 0 Å². The summed E-state index contributed by atoms with van der Waals surface area (Å²) in [5.41, 5.74) is 0.969. The molecule has 1 aliphatic rings. The van der Waals surface area contributed by atoms with Crippen molar-refractivity contribution in [2.75, 3.05) is 18.8 Å². The van der Waals surface area contributed by atoms with Crippen molar-refractivity contribution in [2.24, 2.45) is 5.92 Å². The Labute approximate surface area is 159 Å². The van der Waals surface area contributed by atoms with E-state index in [-0.39, 0.29) is 5.91 Å². The molecule has 7 heteroatoms. The SMILES string of the molecule is CCCCn1c(SCC(=O)N2CCC[C@H](C)C2)nnc1-c1ccoc1C. The molecule has 0 radical (unpaired) electrons. The summed E-state index contributed by atoms with van der Waals surface area (Å²) in [6, 6.07) is 1.93. The monoisotopic (exact) mass is 376 g/mol. The molecular weight excluding hydrogens is 348 g/mol. The maximum Gasteiger partial charge on any atom is 0.233 e. The number of amides is 1. The third kappa shape index (κ3) is 4.31. The van der Waals surface area contributed by atoms with Gasteiger partial charge in [0.25, 0.3) is 0 Å². The molecule has 0 unspecified atom stereocenters. The molecule has 0 aliphatic carbocycles. The maximum atomic E-state index is 12.6. The first-order valence-electron chi connectivity index (χ1n) is 9.48. The van der Waals surface area contributed by atoms with Gasteiger partial charge in [0.05, 0.1) is 17.6 Å². The van der Waals surface area contributed by atoms with Crippen molar-refractivity contribution < 1.29 is 9.21 Å². The zero-order valence-electron chi connectivity index (χ0n) is 15.9. The predicted octanol–water partition coefficient (Wildman–Crippen LogP) is 4.00. The van der Waals surface area contributed by atoms with Gasteiger partial charge in [-0.15, -0.1) is 10.2 Å². The Morgan fingerprint density at radius 3 is 2.96 bits per heavy atom. The van der Waals surface area contributed by atoms with Crippen LogP contribution >= 0.6 is 11.8 Å². The molecule has 0 saturated carbocycles. The van der Waals surface area contributed by atoms with Crippen LogP contribution < -0.4 is 0 Å². The number of rotatable bonds is 7. The number of furan rings is 1. The van der Waals surface area contributed by atoms with E-state index < -0.39 is 0 Å². The lowest BCUT2D eigenvalue weighted by Crippen LogP contribution is -2.40. The fourth-order valence-corrected chi connectivity index (χ4v) is 4.23. The molecule has 1 fully saturated rings. The van der Waals surface area contributed by atoms with Gasteiger partial charge in [-0.05, 0) is 38.2 Å². The first-order valence-corrected chi connectivity index (χ1v) is 10.5. The van der Waals surface area contributed by atoms with Gasteiger partial charge in [-0.25, -0.2) is 0 Å². The fraction of sp³-hybridized carbons (Fsp3) is 0.632. The van der Waals surface area contributed by atoms with Crippen molar-refractivity contribution in [1.82, 2.24) is 19.7 Å². The highest BCUT2D eigenvalue weighted by atomic mass is 32.2. The van der Waals surface area contributed by atoms with Crippen LogP contribution in [0.15, 0.2) is 21.9 Å². The molecule has 26 heavy (non-hydrogen) atoms. The van der Waals surface area contributed by atoms with Gasteiger partial charge < -0.3 is 13.9 Å². The number of thioether (sulfide) groups is 1. The van der Waals surface area contributed by atoms with Crippen LogP contribution in [0.3, 0.4) is 0 Å². The summed E-state index contributed by atoms with van der Waals surface area (Å²) in [6.07, 6.45) is 6.14. The van der Waals surface area contributed by atoms with E-state index in [9.17, 15) is 4.79 Å². The summed E-state index contributed by atoms with van der Waals surface area (Å²) < 4.78 is 7.55. The summed E-state index contributed by atoms with van der Waals surface area (Å²) in [5, 5.41) is 9.56. The quantitative estimate of drug-likeness (QED) is 0.684. The van der Waals surface area contributed by atoms with Crippen LogP contribution in [0.25, 0.3) is 11.4 Å². The van der Waals surface area contributed by atoms with E-state index >= 15 is 0 Å². The van der Waals surface area contributed by atoms with Gasteiger partial charge in [0, 0.05) is 19.6 Å². The Morgan fingerprint density at radius 1 is 1.42 bits per heavy atom. The summed E-state index contributed by atoms with van der Waals surface area (Å²) in [6.45, 7) is 8.92. The number of piperidine rings is 1. The molecule has 2 aromatic heterocycles. The lowest BCUT2D eigenvalue weighted by atomic mass is 10.0. The number of unbranched alkanes of at least 4 members (excludes halogenated alkanes) is 1. The Hall–Kier alpha value is -1.76. The van der Waals surface area contributed by atoms with E-state index in [0.717, 1.165) is 61.2 Å². The molecule has 3 heterocycles. The second-order valence-electron chi connectivity index (χ2n) is 7.08. The van der Waals surface area contributed by atoms with Crippen molar-refractivity contribution in [3.63, 3.8) is 0 Å². The number of aryl methyl sites for hydroxylation is 1. The molecule has 0 N–H and O–H groups in total. The number of hydrogen-bond acceptors (Lipinski definition) is 5. The highest BCUT2D eigenvalue weighted by Gasteiger charge is 2.23. The summed E-state index contributed by atoms with van der Waals surface area (Å²) in [7, 11) is 0. The first-order chi connectivity index (χ1) is 12.6. The molecule has 6 nitrogen and oxygen atoms in total. The minimum Gasteiger partial charge on any atom is -0.469 e. The molecule has 0 bridgehead atoms. The van der Waals surface area contributed by atoms with Crippen molar-refractivity contribution in [3.05, 3.63) is 18.1 Å². The van der Waals surface area contributed by atoms with Gasteiger partial charge in [0.2, 0.25) is 5.91 Å². The van der Waals surface area contributed by atoms with Gasteiger partial charge in [-0.3, -0.25) is 4.79 Å². The van der Waals surface area contributed by atoms with Gasteiger partial charge >= 0.3 is 0 Å². The van der Waals surface area contributed by atoms with E-state index in [1.807, 2.05) is 17.9 Å². The molecule has 1 amide bonds.